The molecule has 1 unspecified atom stereocenters. The van der Waals surface area contributed by atoms with Crippen LogP contribution in [0.1, 0.15) is 55.6 Å². The Bertz CT molecular complexity index is 1430. The van der Waals surface area contributed by atoms with Gasteiger partial charge < -0.3 is 4.74 Å². The Labute approximate surface area is 257 Å². The number of aromatic nitrogens is 4. The van der Waals surface area contributed by atoms with Gasteiger partial charge in [0.1, 0.15) is 0 Å². The highest BCUT2D eigenvalue weighted by atomic mass is 32.2. The molecule has 1 saturated heterocycles. The van der Waals surface area contributed by atoms with Crippen molar-refractivity contribution in [3.8, 4) is 0 Å². The number of carbonyl (C=O) groups is 2. The van der Waals surface area contributed by atoms with Gasteiger partial charge in [-0.1, -0.05) is 103 Å². The number of nitrogens with zero attached hydrogens (tertiary/aromatic N) is 5. The number of likely N-dealkylation sites (tertiary alicyclic amines) is 1. The van der Waals surface area contributed by atoms with Gasteiger partial charge in [0.2, 0.25) is 0 Å². The van der Waals surface area contributed by atoms with Crippen molar-refractivity contribution in [1.29, 1.82) is 0 Å². The first-order chi connectivity index (χ1) is 21.0. The fourth-order valence-corrected chi connectivity index (χ4v) is 6.80. The summed E-state index contributed by atoms with van der Waals surface area (Å²) in [6.45, 7) is 5.65. The summed E-state index contributed by atoms with van der Waals surface area (Å²) < 4.78 is 5.01. The number of piperidine rings is 1. The van der Waals surface area contributed by atoms with E-state index in [9.17, 15) is 9.59 Å². The minimum atomic E-state index is -0.563. The van der Waals surface area contributed by atoms with Crippen LogP contribution < -0.4 is 0 Å². The van der Waals surface area contributed by atoms with Gasteiger partial charge in [-0.15, -0.1) is 10.2 Å². The molecule has 1 aliphatic heterocycles. The Morgan fingerprint density at radius 1 is 0.953 bits per heavy atom. The number of esters is 1. The Morgan fingerprint density at radius 3 is 2.07 bits per heavy atom. The van der Waals surface area contributed by atoms with Crippen molar-refractivity contribution in [1.82, 2.24) is 25.1 Å². The lowest BCUT2D eigenvalue weighted by Crippen LogP contribution is -2.52. The molecule has 3 aromatic carbocycles. The monoisotopic (exact) mass is 595 g/mol. The number of tetrazole rings is 1. The van der Waals surface area contributed by atoms with Gasteiger partial charge in [0.25, 0.3) is 0 Å². The van der Waals surface area contributed by atoms with Crippen LogP contribution in [-0.2, 0) is 26.4 Å². The molecule has 0 radical (unpaired) electrons. The van der Waals surface area contributed by atoms with Crippen LogP contribution in [0.4, 0.5) is 0 Å². The molecule has 1 atom stereocenters. The molecule has 1 aromatic heterocycles. The molecule has 0 spiro atoms. The Morgan fingerprint density at radius 2 is 1.53 bits per heavy atom. The molecular weight excluding hydrogens is 558 g/mol. The van der Waals surface area contributed by atoms with Crippen molar-refractivity contribution in [3.05, 3.63) is 119 Å². The fourth-order valence-electron chi connectivity index (χ4n) is 5.88. The number of benzene rings is 3. The van der Waals surface area contributed by atoms with E-state index in [-0.39, 0.29) is 16.3 Å². The summed E-state index contributed by atoms with van der Waals surface area (Å²) in [6, 6.07) is 31.9. The lowest BCUT2D eigenvalue weighted by Gasteiger charge is -2.49. The van der Waals surface area contributed by atoms with E-state index in [1.807, 2.05) is 24.3 Å². The van der Waals surface area contributed by atoms with Gasteiger partial charge in [-0.3, -0.25) is 14.5 Å². The highest BCUT2D eigenvalue weighted by molar-refractivity contribution is 8.14. The summed E-state index contributed by atoms with van der Waals surface area (Å²) in [4.78, 5) is 28.1. The van der Waals surface area contributed by atoms with E-state index in [4.69, 9.17) is 4.74 Å². The van der Waals surface area contributed by atoms with Gasteiger partial charge in [0.05, 0.1) is 18.7 Å². The second-order valence-electron chi connectivity index (χ2n) is 10.5. The van der Waals surface area contributed by atoms with Crippen molar-refractivity contribution in [2.75, 3.05) is 19.7 Å². The van der Waals surface area contributed by atoms with Gasteiger partial charge in [-0.2, -0.15) is 4.80 Å². The molecule has 0 bridgehead atoms. The molecule has 9 heteroatoms. The van der Waals surface area contributed by atoms with E-state index in [1.54, 1.807) is 13.8 Å². The molecular formula is C34H37N5O3S. The average molecular weight is 596 g/mol. The predicted molar refractivity (Wildman–Crippen MR) is 169 cm³/mol. The van der Waals surface area contributed by atoms with Gasteiger partial charge in [-0.05, 0) is 53.3 Å². The van der Waals surface area contributed by atoms with Crippen LogP contribution >= 0.6 is 11.8 Å². The molecule has 222 valence electrons. The van der Waals surface area contributed by atoms with Crippen LogP contribution in [0, 0.1) is 0 Å². The van der Waals surface area contributed by atoms with E-state index in [0.717, 1.165) is 18.5 Å². The van der Waals surface area contributed by atoms with Crippen LogP contribution in [0.25, 0.3) is 6.08 Å². The molecule has 2 heterocycles. The van der Waals surface area contributed by atoms with Crippen molar-refractivity contribution in [2.45, 2.75) is 50.4 Å². The summed E-state index contributed by atoms with van der Waals surface area (Å²) in [5, 5.41) is 13.2. The Kier molecular flexibility index (Phi) is 10.2. The second kappa shape index (κ2) is 14.4. The van der Waals surface area contributed by atoms with Crippen molar-refractivity contribution >= 4 is 28.9 Å². The van der Waals surface area contributed by atoms with Gasteiger partial charge in [0, 0.05) is 31.7 Å². The SMILES string of the molecule is CCOC(=O)CCCn1nnc(/C=C2\CN(C(c3ccccc3)(c3ccccc3)c3ccccc3)CCC2SC(C)=O)n1. The maximum Gasteiger partial charge on any atom is 0.305 e. The summed E-state index contributed by atoms with van der Waals surface area (Å²) in [5.41, 5.74) is 4.04. The van der Waals surface area contributed by atoms with Gasteiger partial charge >= 0.3 is 5.97 Å². The van der Waals surface area contributed by atoms with E-state index < -0.39 is 5.54 Å². The number of hydrogen-bond donors (Lipinski definition) is 0. The number of thioether (sulfide) groups is 1. The zero-order valence-electron chi connectivity index (χ0n) is 24.6. The average Bonchev–Trinajstić information content (AvgIpc) is 3.47. The van der Waals surface area contributed by atoms with Crippen LogP contribution in [0.5, 0.6) is 0 Å². The second-order valence-corrected chi connectivity index (χ2v) is 11.9. The molecule has 0 aliphatic carbocycles. The highest BCUT2D eigenvalue weighted by Crippen LogP contribution is 2.45. The van der Waals surface area contributed by atoms with Gasteiger partial charge in [-0.25, -0.2) is 0 Å². The normalized spacial score (nSPS) is 16.7. The summed E-state index contributed by atoms with van der Waals surface area (Å²) in [6.07, 6.45) is 3.64. The number of rotatable bonds is 11. The van der Waals surface area contributed by atoms with Crippen LogP contribution in [0.3, 0.4) is 0 Å². The van der Waals surface area contributed by atoms with Crippen molar-refractivity contribution in [3.63, 3.8) is 0 Å². The first-order valence-electron chi connectivity index (χ1n) is 14.7. The highest BCUT2D eigenvalue weighted by Gasteiger charge is 2.44. The smallest absolute Gasteiger partial charge is 0.305 e. The molecule has 1 fully saturated rings. The molecule has 8 nitrogen and oxygen atoms in total. The third kappa shape index (κ3) is 7.12. The van der Waals surface area contributed by atoms with Crippen molar-refractivity contribution in [2.24, 2.45) is 0 Å². The van der Waals surface area contributed by atoms with E-state index in [0.29, 0.717) is 38.4 Å². The molecule has 0 N–H and O–H groups in total. The van der Waals surface area contributed by atoms with Crippen LogP contribution in [0.2, 0.25) is 0 Å². The molecule has 0 saturated carbocycles. The Balaban J connectivity index is 1.52. The molecule has 4 aromatic rings. The first kappa shape index (κ1) is 30.4. The fraction of sp³-hybridized carbons (Fsp3) is 0.324. The minimum absolute atomic E-state index is 0.00420. The molecule has 43 heavy (non-hydrogen) atoms. The Hall–Kier alpha value is -4.08. The lowest BCUT2D eigenvalue weighted by atomic mass is 9.74. The van der Waals surface area contributed by atoms with E-state index in [2.05, 4.69) is 93.1 Å². The number of hydrogen-bond acceptors (Lipinski definition) is 8. The van der Waals surface area contributed by atoms with E-state index >= 15 is 0 Å². The maximum absolute atomic E-state index is 12.3. The largest absolute Gasteiger partial charge is 0.466 e. The number of ether oxygens (including phenoxy) is 1. The molecule has 5 rings (SSSR count). The lowest BCUT2D eigenvalue weighted by molar-refractivity contribution is -0.143. The summed E-state index contributed by atoms with van der Waals surface area (Å²) >= 11 is 1.36. The molecule has 1 aliphatic rings. The summed E-state index contributed by atoms with van der Waals surface area (Å²) in [7, 11) is 0. The quantitative estimate of drug-likeness (QED) is 0.160. The van der Waals surface area contributed by atoms with E-state index in [1.165, 1.54) is 33.2 Å². The predicted octanol–water partition coefficient (Wildman–Crippen LogP) is 5.75. The number of carbonyl (C=O) groups excluding carboxylic acids is 2. The summed E-state index contributed by atoms with van der Waals surface area (Å²) in [5.74, 6) is 0.266. The number of aryl methyl sites for hydroxylation is 1. The maximum atomic E-state index is 12.3. The zero-order valence-corrected chi connectivity index (χ0v) is 25.5. The van der Waals surface area contributed by atoms with Gasteiger partial charge in [0.15, 0.2) is 10.9 Å². The third-order valence-corrected chi connectivity index (χ3v) is 8.79. The standard InChI is InChI=1S/C34H37N5O3S/c1-3-42-33(41)20-13-22-39-36-32(35-37-39)24-27-25-38(23-21-31(27)43-26(2)40)34(28-14-7-4-8-15-28,29-16-9-5-10-17-29)30-18-11-6-12-19-30/h4-12,14-19,24,31H,3,13,20-23,25H2,1-2H3/b27-24+. The van der Waals surface area contributed by atoms with Crippen molar-refractivity contribution < 1.29 is 14.3 Å². The van der Waals surface area contributed by atoms with Crippen LogP contribution in [0.15, 0.2) is 96.6 Å². The minimum Gasteiger partial charge on any atom is -0.466 e. The topological polar surface area (TPSA) is 90.2 Å². The van der Waals surface area contributed by atoms with Crippen LogP contribution in [-0.4, -0.2) is 61.1 Å². The first-order valence-corrected chi connectivity index (χ1v) is 15.6. The zero-order chi connectivity index (χ0) is 30.1. The third-order valence-electron chi connectivity index (χ3n) is 7.63. The molecule has 0 amide bonds.